The summed E-state index contributed by atoms with van der Waals surface area (Å²) in [5, 5.41) is 4.03. The van der Waals surface area contributed by atoms with Gasteiger partial charge in [0.05, 0.1) is 17.1 Å². The Hall–Kier alpha value is -2.17. The standard InChI is InChI=1S/C11H11N3O2/c1-7-8(5-15)11(13-9(7)6-16)10-3-4-12-14(10)2/h3-6,13H,1-2H3. The first-order valence-corrected chi connectivity index (χ1v) is 4.80. The number of carbonyl (C=O) groups is 2. The highest BCUT2D eigenvalue weighted by Crippen LogP contribution is 2.25. The molecule has 0 spiro atoms. The molecule has 0 saturated heterocycles. The third kappa shape index (κ3) is 1.37. The number of H-pyrrole nitrogens is 1. The third-order valence-corrected chi connectivity index (χ3v) is 2.65. The number of aldehydes is 2. The van der Waals surface area contributed by atoms with E-state index in [1.165, 1.54) is 0 Å². The van der Waals surface area contributed by atoms with Crippen molar-refractivity contribution in [2.24, 2.45) is 7.05 Å². The van der Waals surface area contributed by atoms with Crippen LogP contribution in [0.1, 0.15) is 26.4 Å². The maximum absolute atomic E-state index is 11.0. The molecule has 0 aromatic carbocycles. The molecule has 0 aliphatic rings. The molecular weight excluding hydrogens is 206 g/mol. The molecule has 5 nitrogen and oxygen atoms in total. The minimum atomic E-state index is 0.429. The van der Waals surface area contributed by atoms with Gasteiger partial charge >= 0.3 is 0 Å². The van der Waals surface area contributed by atoms with E-state index in [2.05, 4.69) is 10.1 Å². The second kappa shape index (κ2) is 3.77. The lowest BCUT2D eigenvalue weighted by Crippen LogP contribution is -1.95. The van der Waals surface area contributed by atoms with Gasteiger partial charge in [0, 0.05) is 18.8 Å². The van der Waals surface area contributed by atoms with E-state index in [0.717, 1.165) is 12.0 Å². The van der Waals surface area contributed by atoms with Crippen LogP contribution in [-0.2, 0) is 7.05 Å². The van der Waals surface area contributed by atoms with Crippen molar-refractivity contribution in [2.45, 2.75) is 6.92 Å². The van der Waals surface area contributed by atoms with E-state index in [1.807, 2.05) is 0 Å². The van der Waals surface area contributed by atoms with Crippen molar-refractivity contribution in [3.8, 4) is 11.4 Å². The monoisotopic (exact) mass is 217 g/mol. The summed E-state index contributed by atoms with van der Waals surface area (Å²) in [4.78, 5) is 24.7. The zero-order valence-electron chi connectivity index (χ0n) is 9.02. The van der Waals surface area contributed by atoms with Gasteiger partial charge in [0.2, 0.25) is 0 Å². The van der Waals surface area contributed by atoms with Crippen molar-refractivity contribution < 1.29 is 9.59 Å². The number of nitrogens with one attached hydrogen (secondary N) is 1. The van der Waals surface area contributed by atoms with Crippen LogP contribution in [0.15, 0.2) is 12.3 Å². The topological polar surface area (TPSA) is 67.8 Å². The number of aromatic nitrogens is 3. The van der Waals surface area contributed by atoms with Gasteiger partial charge in [-0.05, 0) is 18.6 Å². The van der Waals surface area contributed by atoms with Crippen molar-refractivity contribution in [1.82, 2.24) is 14.8 Å². The smallest absolute Gasteiger partial charge is 0.166 e. The van der Waals surface area contributed by atoms with E-state index >= 15 is 0 Å². The predicted molar refractivity (Wildman–Crippen MR) is 58.5 cm³/mol. The van der Waals surface area contributed by atoms with Crippen molar-refractivity contribution in [2.75, 3.05) is 0 Å². The maximum Gasteiger partial charge on any atom is 0.166 e. The molecule has 0 amide bonds. The van der Waals surface area contributed by atoms with Gasteiger partial charge in [-0.15, -0.1) is 0 Å². The number of hydrogen-bond acceptors (Lipinski definition) is 3. The van der Waals surface area contributed by atoms with Crippen molar-refractivity contribution in [3.63, 3.8) is 0 Å². The van der Waals surface area contributed by atoms with E-state index in [1.54, 1.807) is 30.9 Å². The highest BCUT2D eigenvalue weighted by Gasteiger charge is 2.16. The number of aryl methyl sites for hydroxylation is 1. The molecule has 2 heterocycles. The van der Waals surface area contributed by atoms with Crippen LogP contribution in [0.5, 0.6) is 0 Å². The van der Waals surface area contributed by atoms with E-state index in [-0.39, 0.29) is 0 Å². The molecule has 0 saturated carbocycles. The van der Waals surface area contributed by atoms with Crippen molar-refractivity contribution in [3.05, 3.63) is 29.1 Å². The molecule has 0 unspecified atom stereocenters. The fraction of sp³-hybridized carbons (Fsp3) is 0.182. The molecule has 0 bridgehead atoms. The Morgan fingerprint density at radius 2 is 2.12 bits per heavy atom. The van der Waals surface area contributed by atoms with Gasteiger partial charge < -0.3 is 4.98 Å². The molecule has 82 valence electrons. The van der Waals surface area contributed by atoms with Gasteiger partial charge in [-0.1, -0.05) is 0 Å². The molecule has 0 atom stereocenters. The summed E-state index contributed by atoms with van der Waals surface area (Å²) in [6.45, 7) is 1.74. The van der Waals surface area contributed by atoms with Crippen LogP contribution < -0.4 is 0 Å². The number of nitrogens with zero attached hydrogens (tertiary/aromatic N) is 2. The van der Waals surface area contributed by atoms with Crippen LogP contribution >= 0.6 is 0 Å². The number of hydrogen-bond donors (Lipinski definition) is 1. The normalized spacial score (nSPS) is 10.4. The fourth-order valence-electron chi connectivity index (χ4n) is 1.71. The molecule has 0 aliphatic heterocycles. The molecule has 2 aromatic heterocycles. The zero-order valence-corrected chi connectivity index (χ0v) is 9.02. The fourth-order valence-corrected chi connectivity index (χ4v) is 1.71. The summed E-state index contributed by atoms with van der Waals surface area (Å²) < 4.78 is 1.65. The van der Waals surface area contributed by atoms with Crippen LogP contribution in [0.3, 0.4) is 0 Å². The summed E-state index contributed by atoms with van der Waals surface area (Å²) in [6, 6.07) is 1.78. The minimum absolute atomic E-state index is 0.429. The molecule has 0 fully saturated rings. The third-order valence-electron chi connectivity index (χ3n) is 2.65. The second-order valence-corrected chi connectivity index (χ2v) is 3.53. The van der Waals surface area contributed by atoms with Gasteiger partial charge in [-0.2, -0.15) is 5.10 Å². The second-order valence-electron chi connectivity index (χ2n) is 3.53. The molecule has 2 aromatic rings. The lowest BCUT2D eigenvalue weighted by molar-refractivity contribution is 0.111. The Bertz CT molecular complexity index is 552. The Kier molecular flexibility index (Phi) is 2.44. The molecule has 16 heavy (non-hydrogen) atoms. The Morgan fingerprint density at radius 3 is 2.62 bits per heavy atom. The average Bonchev–Trinajstić information content (AvgIpc) is 2.82. The molecule has 0 aliphatic carbocycles. The van der Waals surface area contributed by atoms with Gasteiger partial charge in [0.15, 0.2) is 12.6 Å². The van der Waals surface area contributed by atoms with Crippen molar-refractivity contribution >= 4 is 12.6 Å². The molecule has 2 rings (SSSR count). The first-order valence-electron chi connectivity index (χ1n) is 4.80. The van der Waals surface area contributed by atoms with Gasteiger partial charge in [-0.3, -0.25) is 14.3 Å². The summed E-state index contributed by atoms with van der Waals surface area (Å²) in [7, 11) is 1.78. The summed E-state index contributed by atoms with van der Waals surface area (Å²) in [5.41, 5.74) is 3.01. The lowest BCUT2D eigenvalue weighted by atomic mass is 10.1. The number of rotatable bonds is 3. The van der Waals surface area contributed by atoms with Crippen molar-refractivity contribution in [1.29, 1.82) is 0 Å². The van der Waals surface area contributed by atoms with Gasteiger partial charge in [0.1, 0.15) is 0 Å². The molecule has 5 heteroatoms. The molecular formula is C11H11N3O2. The summed E-state index contributed by atoms with van der Waals surface area (Å²) in [6.07, 6.45) is 3.10. The number of carbonyl (C=O) groups excluding carboxylic acids is 2. The van der Waals surface area contributed by atoms with Crippen LogP contribution in [0.25, 0.3) is 11.4 Å². The maximum atomic E-state index is 11.0. The zero-order chi connectivity index (χ0) is 11.7. The Labute approximate surface area is 92.1 Å². The average molecular weight is 217 g/mol. The summed E-state index contributed by atoms with van der Waals surface area (Å²) >= 11 is 0. The van der Waals surface area contributed by atoms with Crippen LogP contribution in [-0.4, -0.2) is 27.3 Å². The van der Waals surface area contributed by atoms with Gasteiger partial charge in [0.25, 0.3) is 0 Å². The van der Waals surface area contributed by atoms with E-state index in [0.29, 0.717) is 28.8 Å². The summed E-state index contributed by atoms with van der Waals surface area (Å²) in [5.74, 6) is 0. The minimum Gasteiger partial charge on any atom is -0.350 e. The largest absolute Gasteiger partial charge is 0.350 e. The highest BCUT2D eigenvalue weighted by molar-refractivity contribution is 5.92. The number of aromatic amines is 1. The van der Waals surface area contributed by atoms with E-state index in [9.17, 15) is 9.59 Å². The first-order chi connectivity index (χ1) is 7.69. The Balaban J connectivity index is 2.70. The van der Waals surface area contributed by atoms with Crippen LogP contribution in [0.4, 0.5) is 0 Å². The quantitative estimate of drug-likeness (QED) is 0.789. The van der Waals surface area contributed by atoms with E-state index in [4.69, 9.17) is 0 Å². The van der Waals surface area contributed by atoms with Crippen LogP contribution in [0, 0.1) is 6.92 Å². The lowest BCUT2D eigenvalue weighted by Gasteiger charge is -1.99. The highest BCUT2D eigenvalue weighted by atomic mass is 16.1. The van der Waals surface area contributed by atoms with Gasteiger partial charge in [-0.25, -0.2) is 0 Å². The SMILES string of the molecule is Cc1c(C=O)[nH]c(-c2ccnn2C)c1C=O. The molecule has 0 radical (unpaired) electrons. The van der Waals surface area contributed by atoms with E-state index < -0.39 is 0 Å². The predicted octanol–water partition coefficient (Wildman–Crippen LogP) is 1.35. The first kappa shape index (κ1) is 10.4. The van der Waals surface area contributed by atoms with Crippen LogP contribution in [0.2, 0.25) is 0 Å². The Morgan fingerprint density at radius 1 is 1.38 bits per heavy atom. The molecule has 1 N–H and O–H groups in total.